The first-order valence-electron chi connectivity index (χ1n) is 5.87. The summed E-state index contributed by atoms with van der Waals surface area (Å²) in [6, 6.07) is 2.66. The minimum atomic E-state index is -4.82. The van der Waals surface area contributed by atoms with Crippen LogP contribution in [0, 0.1) is 10.1 Å². The van der Waals surface area contributed by atoms with E-state index < -0.39 is 28.0 Å². The molecule has 1 atom stereocenters. The van der Waals surface area contributed by atoms with Crippen molar-refractivity contribution in [3.63, 3.8) is 0 Å². The zero-order valence-corrected chi connectivity index (χ0v) is 12.2. The summed E-state index contributed by atoms with van der Waals surface area (Å²) >= 11 is 1.40. The Kier molecular flexibility index (Phi) is 5.46. The van der Waals surface area contributed by atoms with Crippen molar-refractivity contribution in [2.45, 2.75) is 18.7 Å². The summed E-state index contributed by atoms with van der Waals surface area (Å²) in [6.07, 6.45) is -3.02. The molecule has 0 aliphatic carbocycles. The Hall–Kier alpha value is -1.48. The third-order valence-electron chi connectivity index (χ3n) is 2.63. The molecule has 9 heteroatoms. The molecule has 0 amide bonds. The van der Waals surface area contributed by atoms with Crippen LogP contribution in [0.3, 0.4) is 0 Å². The Morgan fingerprint density at radius 1 is 1.43 bits per heavy atom. The number of hydrogen-bond acceptors (Lipinski definition) is 5. The molecule has 118 valence electrons. The Balaban J connectivity index is 2.99. The number of nitro groups is 1. The second kappa shape index (κ2) is 6.52. The van der Waals surface area contributed by atoms with Crippen LogP contribution in [0.1, 0.15) is 12.5 Å². The summed E-state index contributed by atoms with van der Waals surface area (Å²) < 4.78 is 38.4. The molecule has 1 aromatic rings. The van der Waals surface area contributed by atoms with E-state index in [0.29, 0.717) is 11.8 Å². The topological polar surface area (TPSA) is 75.4 Å². The fourth-order valence-electron chi connectivity index (χ4n) is 1.69. The van der Waals surface area contributed by atoms with E-state index in [1.165, 1.54) is 17.8 Å². The predicted molar refractivity (Wildman–Crippen MR) is 75.6 cm³/mol. The number of benzene rings is 1. The Morgan fingerprint density at radius 3 is 2.52 bits per heavy atom. The van der Waals surface area contributed by atoms with Gasteiger partial charge in [-0.25, -0.2) is 0 Å². The number of rotatable bonds is 6. The fraction of sp³-hybridized carbons (Fsp3) is 0.500. The molecule has 0 aromatic heterocycles. The molecule has 1 unspecified atom stereocenters. The summed E-state index contributed by atoms with van der Waals surface area (Å²) in [4.78, 5) is 9.55. The van der Waals surface area contributed by atoms with Crippen molar-refractivity contribution in [1.82, 2.24) is 0 Å². The zero-order valence-electron chi connectivity index (χ0n) is 11.4. The highest BCUT2D eigenvalue weighted by atomic mass is 32.2. The molecule has 0 aliphatic heterocycles. The number of anilines is 1. The van der Waals surface area contributed by atoms with Crippen LogP contribution in [0.2, 0.25) is 0 Å². The molecule has 21 heavy (non-hydrogen) atoms. The minimum absolute atomic E-state index is 0.0307. The Bertz CT molecular complexity index is 521. The maximum absolute atomic E-state index is 12.8. The van der Waals surface area contributed by atoms with E-state index in [0.717, 1.165) is 6.07 Å². The van der Waals surface area contributed by atoms with Crippen LogP contribution in [-0.2, 0) is 6.18 Å². The molecule has 5 nitrogen and oxygen atoms in total. The van der Waals surface area contributed by atoms with Crippen LogP contribution in [0.15, 0.2) is 18.2 Å². The van der Waals surface area contributed by atoms with Crippen LogP contribution in [0.25, 0.3) is 0 Å². The first-order valence-corrected chi connectivity index (χ1v) is 7.27. The largest absolute Gasteiger partial charge is 0.423 e. The lowest BCUT2D eigenvalue weighted by Crippen LogP contribution is -2.36. The average molecular weight is 324 g/mol. The lowest BCUT2D eigenvalue weighted by molar-refractivity contribution is -0.388. The maximum atomic E-state index is 12.8. The molecule has 1 rings (SSSR count). The number of halogens is 3. The lowest BCUT2D eigenvalue weighted by Gasteiger charge is -2.23. The monoisotopic (exact) mass is 324 g/mol. The van der Waals surface area contributed by atoms with Gasteiger partial charge in [-0.2, -0.15) is 24.9 Å². The van der Waals surface area contributed by atoms with E-state index >= 15 is 0 Å². The van der Waals surface area contributed by atoms with Gasteiger partial charge in [-0.05, 0) is 25.3 Å². The van der Waals surface area contributed by atoms with Gasteiger partial charge in [-0.15, -0.1) is 0 Å². The summed E-state index contributed by atoms with van der Waals surface area (Å²) in [5.74, 6) is 0.402. The smallest absolute Gasteiger partial charge is 0.387 e. The number of thioether (sulfide) groups is 1. The van der Waals surface area contributed by atoms with Crippen LogP contribution in [-0.4, -0.2) is 34.2 Å². The third-order valence-corrected chi connectivity index (χ3v) is 3.54. The molecule has 2 N–H and O–H groups in total. The molecule has 0 saturated heterocycles. The normalized spacial score (nSPS) is 14.6. The Morgan fingerprint density at radius 2 is 2.05 bits per heavy atom. The van der Waals surface area contributed by atoms with Gasteiger partial charge in [-0.1, -0.05) is 0 Å². The summed E-state index contributed by atoms with van der Waals surface area (Å²) in [7, 11) is 0. The van der Waals surface area contributed by atoms with Gasteiger partial charge in [0, 0.05) is 24.1 Å². The minimum Gasteiger partial charge on any atom is -0.387 e. The standard InChI is InChI=1S/C12H15F3N2O3S/c1-11(18,7-21-2)6-16-8-3-4-10(17(19)20)9(5-8)12(13,14)15/h3-5,16,18H,6-7H2,1-2H3. The highest BCUT2D eigenvalue weighted by Crippen LogP contribution is 2.37. The predicted octanol–water partition coefficient (Wildman–Crippen LogP) is 3.14. The summed E-state index contributed by atoms with van der Waals surface area (Å²) in [5, 5.41) is 23.2. The molecule has 0 aliphatic rings. The van der Waals surface area contributed by atoms with Gasteiger partial charge >= 0.3 is 6.18 Å². The van der Waals surface area contributed by atoms with Crippen LogP contribution in [0.5, 0.6) is 0 Å². The van der Waals surface area contributed by atoms with Crippen molar-refractivity contribution in [1.29, 1.82) is 0 Å². The number of alkyl halides is 3. The van der Waals surface area contributed by atoms with Crippen LogP contribution >= 0.6 is 11.8 Å². The van der Waals surface area contributed by atoms with Crippen molar-refractivity contribution in [2.24, 2.45) is 0 Å². The third kappa shape index (κ3) is 5.09. The molecule has 0 saturated carbocycles. The zero-order chi connectivity index (χ0) is 16.3. The lowest BCUT2D eigenvalue weighted by atomic mass is 10.1. The highest BCUT2D eigenvalue weighted by Gasteiger charge is 2.38. The van der Waals surface area contributed by atoms with E-state index in [9.17, 15) is 28.4 Å². The SMILES string of the molecule is CSCC(C)(O)CNc1ccc([N+](=O)[O-])c(C(F)(F)F)c1. The van der Waals surface area contributed by atoms with Gasteiger partial charge in [0.1, 0.15) is 5.56 Å². The molecule has 0 bridgehead atoms. The van der Waals surface area contributed by atoms with Gasteiger partial charge in [-0.3, -0.25) is 10.1 Å². The molecule has 0 heterocycles. The maximum Gasteiger partial charge on any atom is 0.423 e. The number of nitro benzene ring substituents is 1. The second-order valence-electron chi connectivity index (χ2n) is 4.77. The van der Waals surface area contributed by atoms with E-state index in [2.05, 4.69) is 5.32 Å². The summed E-state index contributed by atoms with van der Waals surface area (Å²) in [5.41, 5.74) is -3.35. The van der Waals surface area contributed by atoms with Crippen molar-refractivity contribution in [2.75, 3.05) is 23.9 Å². The van der Waals surface area contributed by atoms with Crippen molar-refractivity contribution in [3.8, 4) is 0 Å². The van der Waals surface area contributed by atoms with Gasteiger partial charge in [0.15, 0.2) is 0 Å². The van der Waals surface area contributed by atoms with Gasteiger partial charge < -0.3 is 10.4 Å². The number of aliphatic hydroxyl groups is 1. The molecule has 1 aromatic carbocycles. The highest BCUT2D eigenvalue weighted by molar-refractivity contribution is 7.98. The average Bonchev–Trinajstić information content (AvgIpc) is 2.35. The molecular formula is C12H15F3N2O3S. The van der Waals surface area contributed by atoms with Crippen molar-refractivity contribution < 1.29 is 23.2 Å². The van der Waals surface area contributed by atoms with Gasteiger partial charge in [0.2, 0.25) is 0 Å². The van der Waals surface area contributed by atoms with Crippen LogP contribution < -0.4 is 5.32 Å². The van der Waals surface area contributed by atoms with Gasteiger partial charge in [0.25, 0.3) is 5.69 Å². The van der Waals surface area contributed by atoms with Gasteiger partial charge in [0.05, 0.1) is 10.5 Å². The second-order valence-corrected chi connectivity index (χ2v) is 5.64. The number of hydrogen-bond donors (Lipinski definition) is 2. The first-order chi connectivity index (χ1) is 9.57. The van der Waals surface area contributed by atoms with E-state index in [1.807, 2.05) is 0 Å². The van der Waals surface area contributed by atoms with E-state index in [1.54, 1.807) is 13.2 Å². The van der Waals surface area contributed by atoms with Crippen molar-refractivity contribution in [3.05, 3.63) is 33.9 Å². The molecule has 0 fully saturated rings. The number of nitrogens with one attached hydrogen (secondary N) is 1. The molecule has 0 spiro atoms. The van der Waals surface area contributed by atoms with E-state index in [-0.39, 0.29) is 12.2 Å². The summed E-state index contributed by atoms with van der Waals surface area (Å²) in [6.45, 7) is 1.58. The molecule has 0 radical (unpaired) electrons. The molecular weight excluding hydrogens is 309 g/mol. The fourth-order valence-corrected chi connectivity index (χ4v) is 2.41. The van der Waals surface area contributed by atoms with Crippen LogP contribution in [0.4, 0.5) is 24.5 Å². The number of nitrogens with zero attached hydrogens (tertiary/aromatic N) is 1. The first kappa shape index (κ1) is 17.6. The Labute approximate surface area is 123 Å². The quantitative estimate of drug-likeness (QED) is 0.621. The van der Waals surface area contributed by atoms with E-state index in [4.69, 9.17) is 0 Å². The van der Waals surface area contributed by atoms with Crippen molar-refractivity contribution >= 4 is 23.1 Å².